The van der Waals surface area contributed by atoms with Gasteiger partial charge >= 0.3 is 0 Å². The number of benzene rings is 2. The van der Waals surface area contributed by atoms with E-state index in [0.29, 0.717) is 31.0 Å². The predicted molar refractivity (Wildman–Crippen MR) is 122 cm³/mol. The quantitative estimate of drug-likeness (QED) is 0.548. The number of hydrogen-bond donors (Lipinski definition) is 1. The van der Waals surface area contributed by atoms with Crippen LogP contribution in [0.1, 0.15) is 24.5 Å². The van der Waals surface area contributed by atoms with Crippen molar-refractivity contribution >= 4 is 35.1 Å². The highest BCUT2D eigenvalue weighted by atomic mass is 32.2. The fourth-order valence-electron chi connectivity index (χ4n) is 3.48. The predicted octanol–water partition coefficient (Wildman–Crippen LogP) is 4.69. The number of anilines is 2. The maximum Gasteiger partial charge on any atom is 0.274 e. The first kappa shape index (κ1) is 20.9. The molecule has 1 N–H and O–H groups in total. The van der Waals surface area contributed by atoms with Gasteiger partial charge in [-0.05, 0) is 43.0 Å². The number of nitrogens with one attached hydrogen (secondary N) is 1. The summed E-state index contributed by atoms with van der Waals surface area (Å²) in [7, 11) is 0. The molecule has 0 radical (unpaired) electrons. The van der Waals surface area contributed by atoms with E-state index in [9.17, 15) is 9.59 Å². The molecule has 1 aliphatic rings. The summed E-state index contributed by atoms with van der Waals surface area (Å²) in [5.41, 5.74) is 1.56. The van der Waals surface area contributed by atoms with E-state index in [2.05, 4.69) is 10.3 Å². The van der Waals surface area contributed by atoms with E-state index >= 15 is 0 Å². The molecule has 31 heavy (non-hydrogen) atoms. The van der Waals surface area contributed by atoms with Crippen molar-refractivity contribution in [3.8, 4) is 5.75 Å². The Morgan fingerprint density at radius 1 is 1.13 bits per heavy atom. The summed E-state index contributed by atoms with van der Waals surface area (Å²) in [5, 5.41) is 2.92. The van der Waals surface area contributed by atoms with Crippen molar-refractivity contribution in [3.63, 3.8) is 0 Å². The lowest BCUT2D eigenvalue weighted by atomic mass is 10.1. The van der Waals surface area contributed by atoms with E-state index in [4.69, 9.17) is 4.74 Å². The van der Waals surface area contributed by atoms with Crippen molar-refractivity contribution in [2.45, 2.75) is 23.8 Å². The second kappa shape index (κ2) is 9.66. The average molecular weight is 434 g/mol. The molecule has 1 atom stereocenters. The summed E-state index contributed by atoms with van der Waals surface area (Å²) >= 11 is 1.62. The Morgan fingerprint density at radius 3 is 2.77 bits per heavy atom. The molecule has 6 nitrogen and oxygen atoms in total. The van der Waals surface area contributed by atoms with Gasteiger partial charge in [0.05, 0.1) is 0 Å². The third kappa shape index (κ3) is 4.88. The van der Waals surface area contributed by atoms with Crippen molar-refractivity contribution in [2.24, 2.45) is 0 Å². The van der Waals surface area contributed by atoms with E-state index in [1.165, 1.54) is 0 Å². The number of nitrogens with zero attached hydrogens (tertiary/aromatic N) is 2. The van der Waals surface area contributed by atoms with Crippen LogP contribution in [0.15, 0.2) is 77.8 Å². The average Bonchev–Trinajstić information content (AvgIpc) is 2.81. The molecular formula is C24H23N3O3S. The summed E-state index contributed by atoms with van der Waals surface area (Å²) in [6.07, 6.45) is 3.72. The van der Waals surface area contributed by atoms with Crippen molar-refractivity contribution in [2.75, 3.05) is 23.0 Å². The lowest BCUT2D eigenvalue weighted by molar-refractivity contribution is -0.127. The Kier molecular flexibility index (Phi) is 6.52. The van der Waals surface area contributed by atoms with Crippen molar-refractivity contribution in [1.82, 2.24) is 4.98 Å². The smallest absolute Gasteiger partial charge is 0.274 e. The van der Waals surface area contributed by atoms with Gasteiger partial charge in [0.2, 0.25) is 12.0 Å². The highest BCUT2D eigenvalue weighted by Crippen LogP contribution is 2.37. The van der Waals surface area contributed by atoms with Crippen LogP contribution in [0, 0.1) is 0 Å². The number of rotatable bonds is 7. The zero-order chi connectivity index (χ0) is 21.6. The highest BCUT2D eigenvalue weighted by molar-refractivity contribution is 7.98. The van der Waals surface area contributed by atoms with Crippen LogP contribution in [0.4, 0.5) is 11.5 Å². The summed E-state index contributed by atoms with van der Waals surface area (Å²) in [4.78, 5) is 32.6. The molecule has 0 spiro atoms. The van der Waals surface area contributed by atoms with Crippen molar-refractivity contribution in [3.05, 3.63) is 78.5 Å². The maximum atomic E-state index is 13.2. The number of carbonyl (C=O) groups excluding carboxylic acids is 2. The molecule has 1 aromatic heterocycles. The fraction of sp³-hybridized carbons (Fsp3) is 0.208. The molecule has 0 unspecified atom stereocenters. The van der Waals surface area contributed by atoms with Crippen LogP contribution in [0.2, 0.25) is 0 Å². The molecule has 2 heterocycles. The lowest BCUT2D eigenvalue weighted by Gasteiger charge is -2.33. The van der Waals surface area contributed by atoms with Gasteiger partial charge in [-0.15, -0.1) is 11.8 Å². The van der Waals surface area contributed by atoms with Crippen LogP contribution in [0.3, 0.4) is 0 Å². The third-order valence-corrected chi connectivity index (χ3v) is 5.71. The van der Waals surface area contributed by atoms with Gasteiger partial charge in [0.1, 0.15) is 0 Å². The topological polar surface area (TPSA) is 71.5 Å². The number of fused-ring (bicyclic) bond motifs is 1. The Morgan fingerprint density at radius 2 is 1.97 bits per heavy atom. The zero-order valence-corrected chi connectivity index (χ0v) is 18.0. The van der Waals surface area contributed by atoms with Crippen molar-refractivity contribution < 1.29 is 14.3 Å². The molecule has 0 fully saturated rings. The van der Waals surface area contributed by atoms with Crippen LogP contribution in [0.5, 0.6) is 5.75 Å². The van der Waals surface area contributed by atoms with Gasteiger partial charge in [0, 0.05) is 35.3 Å². The molecular weight excluding hydrogens is 410 g/mol. The minimum Gasteiger partial charge on any atom is -0.472 e. The summed E-state index contributed by atoms with van der Waals surface area (Å²) in [5.74, 6) is 0.798. The monoisotopic (exact) mass is 433 g/mol. The maximum absolute atomic E-state index is 13.2. The number of amides is 2. The van der Waals surface area contributed by atoms with E-state index in [-0.39, 0.29) is 11.8 Å². The Balaban J connectivity index is 1.43. The Labute approximate surface area is 185 Å². The fourth-order valence-corrected chi connectivity index (χ4v) is 3.94. The molecule has 2 aromatic carbocycles. The van der Waals surface area contributed by atoms with Gasteiger partial charge in [-0.25, -0.2) is 4.98 Å². The summed E-state index contributed by atoms with van der Waals surface area (Å²) < 4.78 is 5.95. The normalized spacial score (nSPS) is 15.2. The number of carbonyl (C=O) groups is 2. The minimum atomic E-state index is -0.721. The van der Waals surface area contributed by atoms with Crippen molar-refractivity contribution in [1.29, 1.82) is 0 Å². The molecule has 1 aliphatic heterocycles. The second-order valence-electron chi connectivity index (χ2n) is 7.11. The van der Waals surface area contributed by atoms with Gasteiger partial charge in [0.25, 0.3) is 5.91 Å². The first-order chi connectivity index (χ1) is 15.2. The Bertz CT molecular complexity index is 1070. The number of aromatic nitrogens is 1. The van der Waals surface area contributed by atoms with Gasteiger partial charge in [-0.3, -0.25) is 14.5 Å². The number of hydrogen-bond acceptors (Lipinski definition) is 5. The van der Waals surface area contributed by atoms with E-state index < -0.39 is 6.10 Å². The molecule has 158 valence electrons. The highest BCUT2D eigenvalue weighted by Gasteiger charge is 2.36. The molecule has 4 rings (SSSR count). The van der Waals surface area contributed by atoms with Gasteiger partial charge < -0.3 is 10.1 Å². The van der Waals surface area contributed by atoms with Crippen LogP contribution in [-0.2, 0) is 9.59 Å². The summed E-state index contributed by atoms with van der Waals surface area (Å²) in [6, 6.07) is 20.7. The van der Waals surface area contributed by atoms with Crippen LogP contribution in [0.25, 0.3) is 0 Å². The second-order valence-corrected chi connectivity index (χ2v) is 7.99. The minimum absolute atomic E-state index is 0.0835. The molecule has 0 saturated heterocycles. The largest absolute Gasteiger partial charge is 0.472 e. The molecule has 0 aliphatic carbocycles. The number of thioether (sulfide) groups is 1. The van der Waals surface area contributed by atoms with Crippen LogP contribution in [-0.4, -0.2) is 29.6 Å². The van der Waals surface area contributed by atoms with Gasteiger partial charge in [0.15, 0.2) is 11.6 Å². The lowest BCUT2D eigenvalue weighted by Crippen LogP contribution is -2.42. The first-order valence-electron chi connectivity index (χ1n) is 10.1. The third-order valence-electron chi connectivity index (χ3n) is 4.98. The van der Waals surface area contributed by atoms with E-state index in [1.54, 1.807) is 28.9 Å². The van der Waals surface area contributed by atoms with E-state index in [0.717, 1.165) is 16.1 Å². The molecule has 0 bridgehead atoms. The molecule has 0 saturated carbocycles. The zero-order valence-electron chi connectivity index (χ0n) is 17.2. The van der Waals surface area contributed by atoms with E-state index in [1.807, 2.05) is 66.9 Å². The SMILES string of the molecule is CSc1cccc(NC(=O)CCCN2C(=O)[C@H](c3ccccc3)Oc3cccnc32)c1. The van der Waals surface area contributed by atoms with Crippen LogP contribution >= 0.6 is 11.8 Å². The number of pyridine rings is 1. The molecule has 3 aromatic rings. The molecule has 2 amide bonds. The van der Waals surface area contributed by atoms with Crippen LogP contribution < -0.4 is 15.0 Å². The first-order valence-corrected chi connectivity index (χ1v) is 11.3. The molecule has 7 heteroatoms. The van der Waals surface area contributed by atoms with Gasteiger partial charge in [-0.1, -0.05) is 36.4 Å². The number of ether oxygens (including phenoxy) is 1. The van der Waals surface area contributed by atoms with Gasteiger partial charge in [-0.2, -0.15) is 0 Å². The Hall–Kier alpha value is -3.32. The standard InChI is InChI=1S/C24H23N3O3S/c1-31-19-11-5-10-18(16-19)26-21(28)13-7-15-27-23-20(12-6-14-25-23)30-22(24(27)29)17-8-3-2-4-9-17/h2-6,8-12,14,16,22H,7,13,15H2,1H3,(H,26,28)/t22-/m0/s1. The summed E-state index contributed by atoms with van der Waals surface area (Å²) in [6.45, 7) is 0.383.